The molecule has 1 aromatic carbocycles. The molecule has 0 aliphatic heterocycles. The summed E-state index contributed by atoms with van der Waals surface area (Å²) in [6.45, 7) is -0.410. The van der Waals surface area contributed by atoms with Crippen molar-refractivity contribution >= 4 is 57.3 Å². The molecule has 0 unspecified atom stereocenters. The number of nitro groups is 1. The van der Waals surface area contributed by atoms with E-state index in [4.69, 9.17) is 17.0 Å². The van der Waals surface area contributed by atoms with Gasteiger partial charge >= 0.3 is 5.69 Å². The molecule has 0 saturated heterocycles. The lowest BCUT2D eigenvalue weighted by Crippen LogP contribution is -2.37. The second-order valence-corrected chi connectivity index (χ2v) is 6.03. The van der Waals surface area contributed by atoms with Crippen LogP contribution in [-0.4, -0.2) is 27.5 Å². The summed E-state index contributed by atoms with van der Waals surface area (Å²) in [5.41, 5.74) is -0.214. The summed E-state index contributed by atoms with van der Waals surface area (Å²) >= 11 is 7.11. The number of rotatable bonds is 5. The number of nitrogens with one attached hydrogen (secondary N) is 2. The van der Waals surface area contributed by atoms with E-state index in [1.165, 1.54) is 18.2 Å². The minimum absolute atomic E-state index is 0.0100. The number of halogens is 1. The van der Waals surface area contributed by atoms with Gasteiger partial charge in [-0.1, -0.05) is 12.1 Å². The molecule has 124 valence electrons. The average Bonchev–Trinajstić information content (AvgIpc) is 2.55. The molecule has 1 amide bonds. The molecule has 1 heterocycles. The Kier molecular flexibility index (Phi) is 6.37. The number of hydrogen-bond acceptors (Lipinski definition) is 6. The van der Waals surface area contributed by atoms with Crippen LogP contribution < -0.4 is 15.4 Å². The maximum absolute atomic E-state index is 11.8. The Morgan fingerprint density at radius 1 is 1.33 bits per heavy atom. The van der Waals surface area contributed by atoms with Crippen LogP contribution in [-0.2, 0) is 4.79 Å². The minimum Gasteiger partial charge on any atom is -0.477 e. The van der Waals surface area contributed by atoms with E-state index in [2.05, 4.69) is 38.2 Å². The maximum atomic E-state index is 11.8. The lowest BCUT2D eigenvalue weighted by atomic mass is 10.3. The van der Waals surface area contributed by atoms with E-state index in [0.717, 1.165) is 3.57 Å². The fraction of sp³-hybridized carbons (Fsp3) is 0.0714. The van der Waals surface area contributed by atoms with Crippen LogP contribution in [0.4, 0.5) is 11.5 Å². The maximum Gasteiger partial charge on any atom is 0.310 e. The summed E-state index contributed by atoms with van der Waals surface area (Å²) in [6, 6.07) is 9.34. The minimum atomic E-state index is -0.581. The van der Waals surface area contributed by atoms with E-state index < -0.39 is 17.4 Å². The van der Waals surface area contributed by atoms with Crippen LogP contribution in [0, 0.1) is 13.7 Å². The zero-order chi connectivity index (χ0) is 17.5. The van der Waals surface area contributed by atoms with Crippen LogP contribution >= 0.6 is 34.8 Å². The number of carbonyl (C=O) groups excluding carboxylic acids is 1. The molecule has 24 heavy (non-hydrogen) atoms. The lowest BCUT2D eigenvalue weighted by Gasteiger charge is -2.10. The molecule has 2 rings (SSSR count). The number of hydrogen-bond donors (Lipinski definition) is 2. The van der Waals surface area contributed by atoms with Gasteiger partial charge in [-0.3, -0.25) is 20.2 Å². The van der Waals surface area contributed by atoms with Crippen molar-refractivity contribution in [2.24, 2.45) is 0 Å². The second kappa shape index (κ2) is 8.49. The predicted octanol–water partition coefficient (Wildman–Crippen LogP) is 2.49. The highest BCUT2D eigenvalue weighted by atomic mass is 127. The van der Waals surface area contributed by atoms with E-state index in [1.807, 2.05) is 6.07 Å². The molecule has 0 aliphatic rings. The average molecular weight is 458 g/mol. The quantitative estimate of drug-likeness (QED) is 0.307. The topological polar surface area (TPSA) is 106 Å². The standard InChI is InChI=1S/C14H11IN4O4S/c15-9-5-6-12(16-7-9)17-14(24)18-13(20)8-23-11-4-2-1-3-10(11)19(21)22/h1-7H,8H2,(H2,16,17,18,20,24). The second-order valence-electron chi connectivity index (χ2n) is 4.38. The predicted molar refractivity (Wildman–Crippen MR) is 99.9 cm³/mol. The van der Waals surface area contributed by atoms with Gasteiger partial charge in [-0.05, 0) is 53.0 Å². The molecular formula is C14H11IN4O4S. The largest absolute Gasteiger partial charge is 0.477 e. The van der Waals surface area contributed by atoms with Crippen molar-refractivity contribution in [2.45, 2.75) is 0 Å². The number of nitro benzene ring substituents is 1. The molecule has 0 fully saturated rings. The highest BCUT2D eigenvalue weighted by Gasteiger charge is 2.15. The van der Waals surface area contributed by atoms with Gasteiger partial charge in [-0.25, -0.2) is 4.98 Å². The Hall–Kier alpha value is -2.34. The molecule has 2 N–H and O–H groups in total. The zero-order valence-corrected chi connectivity index (χ0v) is 15.0. The molecule has 0 spiro atoms. The van der Waals surface area contributed by atoms with E-state index in [0.29, 0.717) is 5.82 Å². The normalized spacial score (nSPS) is 9.88. The van der Waals surface area contributed by atoms with E-state index in [9.17, 15) is 14.9 Å². The smallest absolute Gasteiger partial charge is 0.310 e. The summed E-state index contributed by atoms with van der Waals surface area (Å²) in [5.74, 6) is -0.0488. The van der Waals surface area contributed by atoms with E-state index in [-0.39, 0.29) is 16.5 Å². The van der Waals surface area contributed by atoms with Crippen LogP contribution in [0.5, 0.6) is 5.75 Å². The number of para-hydroxylation sites is 2. The van der Waals surface area contributed by atoms with Gasteiger partial charge in [0.2, 0.25) is 0 Å². The number of ether oxygens (including phenoxy) is 1. The van der Waals surface area contributed by atoms with Crippen molar-refractivity contribution < 1.29 is 14.5 Å². The number of aromatic nitrogens is 1. The monoisotopic (exact) mass is 458 g/mol. The third-order valence-corrected chi connectivity index (χ3v) is 3.48. The van der Waals surface area contributed by atoms with Gasteiger partial charge in [0.25, 0.3) is 5.91 Å². The molecule has 0 saturated carbocycles. The fourth-order valence-corrected chi connectivity index (χ4v) is 2.17. The number of thiocarbonyl (C=S) groups is 1. The lowest BCUT2D eigenvalue weighted by molar-refractivity contribution is -0.385. The Morgan fingerprint density at radius 3 is 2.75 bits per heavy atom. The van der Waals surface area contributed by atoms with Gasteiger partial charge in [0.05, 0.1) is 4.92 Å². The van der Waals surface area contributed by atoms with Crippen LogP contribution in [0.15, 0.2) is 42.6 Å². The SMILES string of the molecule is O=C(COc1ccccc1[N+](=O)[O-])NC(=S)Nc1ccc(I)cn1. The van der Waals surface area contributed by atoms with Gasteiger partial charge < -0.3 is 10.1 Å². The van der Waals surface area contributed by atoms with E-state index >= 15 is 0 Å². The van der Waals surface area contributed by atoms with E-state index in [1.54, 1.807) is 18.3 Å². The van der Waals surface area contributed by atoms with Crippen LogP contribution in [0.3, 0.4) is 0 Å². The third kappa shape index (κ3) is 5.38. The van der Waals surface area contributed by atoms with Crippen molar-refractivity contribution in [1.29, 1.82) is 0 Å². The Labute approximate surface area is 155 Å². The summed E-state index contributed by atoms with van der Waals surface area (Å²) in [7, 11) is 0. The first kappa shape index (κ1) is 18.0. The summed E-state index contributed by atoms with van der Waals surface area (Å²) in [5, 5.41) is 16.1. The van der Waals surface area contributed by atoms with Crippen molar-refractivity contribution in [1.82, 2.24) is 10.3 Å². The first-order valence-corrected chi connectivity index (χ1v) is 8.03. The first-order chi connectivity index (χ1) is 11.5. The Bertz CT molecular complexity index is 770. The van der Waals surface area contributed by atoms with Crippen molar-refractivity contribution in [3.8, 4) is 5.75 Å². The van der Waals surface area contributed by atoms with Crippen molar-refractivity contribution in [3.63, 3.8) is 0 Å². The van der Waals surface area contributed by atoms with Crippen LogP contribution in [0.25, 0.3) is 0 Å². The molecular weight excluding hydrogens is 447 g/mol. The molecule has 1 aromatic heterocycles. The van der Waals surface area contributed by atoms with Crippen LogP contribution in [0.1, 0.15) is 0 Å². The molecule has 0 radical (unpaired) electrons. The van der Waals surface area contributed by atoms with Crippen molar-refractivity contribution in [2.75, 3.05) is 11.9 Å². The third-order valence-electron chi connectivity index (χ3n) is 2.64. The number of anilines is 1. The van der Waals surface area contributed by atoms with Gasteiger partial charge in [0.15, 0.2) is 17.5 Å². The molecule has 10 heteroatoms. The summed E-state index contributed by atoms with van der Waals surface area (Å²) in [4.78, 5) is 26.2. The zero-order valence-electron chi connectivity index (χ0n) is 12.1. The highest BCUT2D eigenvalue weighted by molar-refractivity contribution is 14.1. The Morgan fingerprint density at radius 2 is 2.08 bits per heavy atom. The summed E-state index contributed by atoms with van der Waals surface area (Å²) < 4.78 is 6.13. The Balaban J connectivity index is 1.86. The number of pyridine rings is 1. The molecule has 0 bridgehead atoms. The summed E-state index contributed by atoms with van der Waals surface area (Å²) in [6.07, 6.45) is 1.64. The van der Waals surface area contributed by atoms with Crippen molar-refractivity contribution in [3.05, 3.63) is 56.3 Å². The molecule has 0 atom stereocenters. The van der Waals surface area contributed by atoms with Gasteiger partial charge in [-0.15, -0.1) is 0 Å². The number of benzene rings is 1. The van der Waals surface area contributed by atoms with Gasteiger partial charge in [0, 0.05) is 15.8 Å². The van der Waals surface area contributed by atoms with Crippen LogP contribution in [0.2, 0.25) is 0 Å². The molecule has 0 aliphatic carbocycles. The van der Waals surface area contributed by atoms with Gasteiger partial charge in [-0.2, -0.15) is 0 Å². The van der Waals surface area contributed by atoms with Gasteiger partial charge in [0.1, 0.15) is 5.82 Å². The first-order valence-electron chi connectivity index (χ1n) is 6.54. The molecule has 8 nitrogen and oxygen atoms in total. The number of carbonyl (C=O) groups is 1. The molecule has 2 aromatic rings. The number of nitrogens with zero attached hydrogens (tertiary/aromatic N) is 2. The number of amides is 1. The fourth-order valence-electron chi connectivity index (χ4n) is 1.63. The highest BCUT2D eigenvalue weighted by Crippen LogP contribution is 2.25.